The molecule has 4 rings (SSSR count). The second-order valence-corrected chi connectivity index (χ2v) is 7.60. The summed E-state index contributed by atoms with van der Waals surface area (Å²) >= 11 is 0. The van der Waals surface area contributed by atoms with Crippen molar-refractivity contribution in [2.24, 2.45) is 0 Å². The normalized spacial score (nSPS) is 15.8. The number of nitrogens with zero attached hydrogens (tertiary/aromatic N) is 3. The number of aryl methyl sites for hydroxylation is 1. The van der Waals surface area contributed by atoms with E-state index in [-0.39, 0.29) is 18.9 Å². The Hall–Kier alpha value is -4.00. The molecule has 2 heterocycles. The SMILES string of the molecule is CCc1ccc(NC(=O)C[C@@H]2C(=O)N(c3ccccc3)C(=O)N2Cc2cccnc2)cc1. The summed E-state index contributed by atoms with van der Waals surface area (Å²) < 4.78 is 0. The average molecular weight is 428 g/mol. The molecule has 0 spiro atoms. The van der Waals surface area contributed by atoms with Gasteiger partial charge in [-0.2, -0.15) is 0 Å². The lowest BCUT2D eigenvalue weighted by Gasteiger charge is -2.21. The van der Waals surface area contributed by atoms with Crippen LogP contribution in [0.4, 0.5) is 16.2 Å². The van der Waals surface area contributed by atoms with E-state index in [2.05, 4.69) is 17.2 Å². The molecule has 1 aliphatic heterocycles. The van der Waals surface area contributed by atoms with Crippen LogP contribution in [-0.4, -0.2) is 33.8 Å². The van der Waals surface area contributed by atoms with Crippen LogP contribution in [0.15, 0.2) is 79.1 Å². The number of carbonyl (C=O) groups excluding carboxylic acids is 3. The summed E-state index contributed by atoms with van der Waals surface area (Å²) in [5.41, 5.74) is 3.09. The van der Waals surface area contributed by atoms with Crippen LogP contribution in [0.2, 0.25) is 0 Å². The van der Waals surface area contributed by atoms with Gasteiger partial charge in [-0.3, -0.25) is 14.6 Å². The molecule has 0 unspecified atom stereocenters. The summed E-state index contributed by atoms with van der Waals surface area (Å²) in [6.45, 7) is 2.25. The van der Waals surface area contributed by atoms with Gasteiger partial charge in [0.05, 0.1) is 12.1 Å². The van der Waals surface area contributed by atoms with Gasteiger partial charge >= 0.3 is 6.03 Å². The molecule has 7 nitrogen and oxygen atoms in total. The summed E-state index contributed by atoms with van der Waals surface area (Å²) in [7, 11) is 0. The number of pyridine rings is 1. The summed E-state index contributed by atoms with van der Waals surface area (Å²) in [4.78, 5) is 45.9. The lowest BCUT2D eigenvalue weighted by atomic mass is 10.1. The molecule has 162 valence electrons. The standard InChI is InChI=1S/C25H24N4O3/c1-2-18-10-12-20(13-11-18)27-23(30)15-22-24(31)29(21-8-4-3-5-9-21)25(32)28(22)17-19-7-6-14-26-16-19/h3-14,16,22H,2,15,17H2,1H3,(H,27,30)/t22-/m1/s1. The molecule has 1 N–H and O–H groups in total. The second kappa shape index (κ2) is 9.43. The number of hydrogen-bond donors (Lipinski definition) is 1. The number of amides is 4. The molecule has 1 saturated heterocycles. The first kappa shape index (κ1) is 21.2. The van der Waals surface area contributed by atoms with Crippen molar-refractivity contribution in [1.82, 2.24) is 9.88 Å². The Morgan fingerprint density at radius 3 is 2.38 bits per heavy atom. The minimum Gasteiger partial charge on any atom is -0.326 e. The highest BCUT2D eigenvalue weighted by atomic mass is 16.2. The van der Waals surface area contributed by atoms with Crippen LogP contribution in [-0.2, 0) is 22.6 Å². The average Bonchev–Trinajstić information content (AvgIpc) is 3.04. The largest absolute Gasteiger partial charge is 0.332 e. The molecule has 0 saturated carbocycles. The van der Waals surface area contributed by atoms with Crippen LogP contribution in [0.3, 0.4) is 0 Å². The third-order valence-corrected chi connectivity index (χ3v) is 5.43. The second-order valence-electron chi connectivity index (χ2n) is 7.60. The van der Waals surface area contributed by atoms with Crippen LogP contribution < -0.4 is 10.2 Å². The van der Waals surface area contributed by atoms with E-state index < -0.39 is 18.0 Å². The Kier molecular flexibility index (Phi) is 6.26. The lowest BCUT2D eigenvalue weighted by molar-refractivity contribution is -0.124. The van der Waals surface area contributed by atoms with Crippen LogP contribution in [0.5, 0.6) is 0 Å². The van der Waals surface area contributed by atoms with Gasteiger partial charge in [0.25, 0.3) is 5.91 Å². The number of urea groups is 1. The summed E-state index contributed by atoms with van der Waals surface area (Å²) in [5.74, 6) is -0.743. The fourth-order valence-corrected chi connectivity index (χ4v) is 3.73. The summed E-state index contributed by atoms with van der Waals surface area (Å²) in [6.07, 6.45) is 4.07. The van der Waals surface area contributed by atoms with Crippen molar-refractivity contribution in [3.8, 4) is 0 Å². The van der Waals surface area contributed by atoms with Gasteiger partial charge in [0.2, 0.25) is 5.91 Å². The molecule has 0 bridgehead atoms. The highest BCUT2D eigenvalue weighted by Gasteiger charge is 2.46. The van der Waals surface area contributed by atoms with Crippen molar-refractivity contribution in [1.29, 1.82) is 0 Å². The Labute approximate surface area is 186 Å². The van der Waals surface area contributed by atoms with Gasteiger partial charge in [-0.05, 0) is 47.9 Å². The zero-order valence-corrected chi connectivity index (χ0v) is 17.8. The van der Waals surface area contributed by atoms with E-state index in [1.54, 1.807) is 42.7 Å². The molecule has 7 heteroatoms. The maximum atomic E-state index is 13.3. The number of para-hydroxylation sites is 1. The smallest absolute Gasteiger partial charge is 0.326 e. The Balaban J connectivity index is 1.56. The third-order valence-electron chi connectivity index (χ3n) is 5.43. The first-order chi connectivity index (χ1) is 15.6. The Morgan fingerprint density at radius 2 is 1.72 bits per heavy atom. The molecule has 3 aromatic rings. The molecule has 32 heavy (non-hydrogen) atoms. The van der Waals surface area contributed by atoms with E-state index in [1.807, 2.05) is 36.4 Å². The van der Waals surface area contributed by atoms with Crippen molar-refractivity contribution in [2.45, 2.75) is 32.4 Å². The number of anilines is 2. The third kappa shape index (κ3) is 4.51. The fourth-order valence-electron chi connectivity index (χ4n) is 3.73. The van der Waals surface area contributed by atoms with Gasteiger partial charge in [-0.25, -0.2) is 9.69 Å². The van der Waals surface area contributed by atoms with E-state index in [9.17, 15) is 14.4 Å². The first-order valence-corrected chi connectivity index (χ1v) is 10.5. The predicted octanol–water partition coefficient (Wildman–Crippen LogP) is 4.01. The molecule has 0 radical (unpaired) electrons. The molecular weight excluding hydrogens is 404 g/mol. The zero-order valence-electron chi connectivity index (χ0n) is 17.8. The van der Waals surface area contributed by atoms with Gasteiger partial charge in [-0.15, -0.1) is 0 Å². The fraction of sp³-hybridized carbons (Fsp3) is 0.200. The van der Waals surface area contributed by atoms with Crippen molar-refractivity contribution in [3.05, 3.63) is 90.3 Å². The molecule has 1 fully saturated rings. The van der Waals surface area contributed by atoms with Crippen LogP contribution in [0.25, 0.3) is 0 Å². The van der Waals surface area contributed by atoms with E-state index in [0.29, 0.717) is 11.4 Å². The minimum absolute atomic E-state index is 0.135. The number of imide groups is 1. The van der Waals surface area contributed by atoms with Crippen LogP contribution in [0, 0.1) is 0 Å². The predicted molar refractivity (Wildman–Crippen MR) is 122 cm³/mol. The van der Waals surface area contributed by atoms with E-state index in [0.717, 1.165) is 16.9 Å². The molecule has 2 aromatic carbocycles. The number of hydrogen-bond acceptors (Lipinski definition) is 4. The summed E-state index contributed by atoms with van der Waals surface area (Å²) in [5, 5.41) is 2.83. The number of rotatable bonds is 7. The zero-order chi connectivity index (χ0) is 22.5. The maximum Gasteiger partial charge on any atom is 0.332 e. The number of carbonyl (C=O) groups is 3. The maximum absolute atomic E-state index is 13.3. The van der Waals surface area contributed by atoms with Gasteiger partial charge in [0.15, 0.2) is 0 Å². The van der Waals surface area contributed by atoms with Crippen molar-refractivity contribution < 1.29 is 14.4 Å². The quantitative estimate of drug-likeness (QED) is 0.577. The van der Waals surface area contributed by atoms with Gasteiger partial charge in [-0.1, -0.05) is 43.3 Å². The van der Waals surface area contributed by atoms with Crippen molar-refractivity contribution >= 4 is 29.2 Å². The van der Waals surface area contributed by atoms with Gasteiger partial charge in [0, 0.05) is 24.6 Å². The number of nitrogens with one attached hydrogen (secondary N) is 1. The Bertz CT molecular complexity index is 1100. The molecule has 0 aliphatic carbocycles. The first-order valence-electron chi connectivity index (χ1n) is 10.5. The van der Waals surface area contributed by atoms with E-state index in [4.69, 9.17) is 0 Å². The van der Waals surface area contributed by atoms with Gasteiger partial charge < -0.3 is 10.2 Å². The van der Waals surface area contributed by atoms with Gasteiger partial charge in [0.1, 0.15) is 6.04 Å². The molecular formula is C25H24N4O3. The molecule has 1 aliphatic rings. The lowest BCUT2D eigenvalue weighted by Crippen LogP contribution is -2.37. The molecule has 1 atom stereocenters. The molecule has 4 amide bonds. The molecule has 1 aromatic heterocycles. The van der Waals surface area contributed by atoms with Crippen LogP contribution >= 0.6 is 0 Å². The van der Waals surface area contributed by atoms with E-state index in [1.165, 1.54) is 10.5 Å². The minimum atomic E-state index is -0.905. The van der Waals surface area contributed by atoms with Crippen LogP contribution in [0.1, 0.15) is 24.5 Å². The number of aromatic nitrogens is 1. The highest BCUT2D eigenvalue weighted by Crippen LogP contribution is 2.28. The number of benzene rings is 2. The topological polar surface area (TPSA) is 82.6 Å². The Morgan fingerprint density at radius 1 is 0.969 bits per heavy atom. The van der Waals surface area contributed by atoms with Crippen molar-refractivity contribution in [2.75, 3.05) is 10.2 Å². The van der Waals surface area contributed by atoms with E-state index >= 15 is 0 Å². The summed E-state index contributed by atoms with van der Waals surface area (Å²) in [6, 6.07) is 18.6. The highest BCUT2D eigenvalue weighted by molar-refractivity contribution is 6.22. The monoisotopic (exact) mass is 428 g/mol. The van der Waals surface area contributed by atoms with Crippen molar-refractivity contribution in [3.63, 3.8) is 0 Å².